The van der Waals surface area contributed by atoms with Crippen LogP contribution in [0.4, 0.5) is 5.69 Å². The molecule has 198 valence electrons. The molecule has 0 heterocycles. The molecule has 36 heavy (non-hydrogen) atoms. The molecule has 0 saturated heterocycles. The van der Waals surface area contributed by atoms with Crippen LogP contribution in [0.2, 0.25) is 10.0 Å². The van der Waals surface area contributed by atoms with Crippen molar-refractivity contribution in [3.63, 3.8) is 0 Å². The van der Waals surface area contributed by atoms with Crippen LogP contribution in [-0.2, 0) is 26.2 Å². The minimum Gasteiger partial charge on any atom is -0.495 e. The number of rotatable bonds is 12. The molecule has 11 heteroatoms. The summed E-state index contributed by atoms with van der Waals surface area (Å²) in [5, 5.41) is 3.70. The molecule has 1 atom stereocenters. The van der Waals surface area contributed by atoms with E-state index in [0.29, 0.717) is 18.0 Å². The van der Waals surface area contributed by atoms with Gasteiger partial charge in [0, 0.05) is 23.1 Å². The maximum atomic E-state index is 13.7. The van der Waals surface area contributed by atoms with Crippen molar-refractivity contribution in [2.45, 2.75) is 39.8 Å². The van der Waals surface area contributed by atoms with Gasteiger partial charge in [0.2, 0.25) is 21.8 Å². The van der Waals surface area contributed by atoms with Crippen molar-refractivity contribution in [3.05, 3.63) is 58.1 Å². The van der Waals surface area contributed by atoms with E-state index in [2.05, 4.69) is 5.32 Å². The van der Waals surface area contributed by atoms with Crippen LogP contribution in [0, 0.1) is 5.92 Å². The first kappa shape index (κ1) is 29.7. The van der Waals surface area contributed by atoms with Crippen LogP contribution < -0.4 is 14.4 Å². The zero-order valence-corrected chi connectivity index (χ0v) is 23.5. The number of carbonyl (C=O) groups is 2. The number of amides is 2. The molecule has 2 aromatic carbocycles. The van der Waals surface area contributed by atoms with Crippen molar-refractivity contribution in [2.24, 2.45) is 5.92 Å². The topological polar surface area (TPSA) is 96.0 Å². The highest BCUT2D eigenvalue weighted by molar-refractivity contribution is 7.92. The smallest absolute Gasteiger partial charge is 0.244 e. The molecule has 0 saturated carbocycles. The summed E-state index contributed by atoms with van der Waals surface area (Å²) in [6.45, 7) is 5.75. The van der Waals surface area contributed by atoms with E-state index in [1.807, 2.05) is 13.8 Å². The highest BCUT2D eigenvalue weighted by Crippen LogP contribution is 2.33. The van der Waals surface area contributed by atoms with Crippen molar-refractivity contribution >= 4 is 50.7 Å². The third kappa shape index (κ3) is 8.28. The largest absolute Gasteiger partial charge is 0.495 e. The number of hydrogen-bond donors (Lipinski definition) is 1. The number of hydrogen-bond acceptors (Lipinski definition) is 5. The second-order valence-electron chi connectivity index (χ2n) is 8.80. The average Bonchev–Trinajstić information content (AvgIpc) is 2.81. The summed E-state index contributed by atoms with van der Waals surface area (Å²) in [5.41, 5.74) is 0.874. The van der Waals surface area contributed by atoms with Crippen molar-refractivity contribution in [1.29, 1.82) is 0 Å². The van der Waals surface area contributed by atoms with Crippen LogP contribution in [0.1, 0.15) is 32.8 Å². The Morgan fingerprint density at radius 2 is 1.67 bits per heavy atom. The maximum absolute atomic E-state index is 13.7. The molecule has 0 fully saturated rings. The molecular weight excluding hydrogens is 525 g/mol. The summed E-state index contributed by atoms with van der Waals surface area (Å²) in [6, 6.07) is 10.6. The van der Waals surface area contributed by atoms with E-state index < -0.39 is 28.5 Å². The summed E-state index contributed by atoms with van der Waals surface area (Å²) in [5.74, 6) is -0.393. The Morgan fingerprint density at radius 1 is 1.06 bits per heavy atom. The highest BCUT2D eigenvalue weighted by Gasteiger charge is 2.32. The van der Waals surface area contributed by atoms with E-state index in [9.17, 15) is 18.0 Å². The summed E-state index contributed by atoms with van der Waals surface area (Å²) >= 11 is 12.1. The lowest BCUT2D eigenvalue weighted by Gasteiger charge is -2.33. The van der Waals surface area contributed by atoms with Crippen LogP contribution in [0.15, 0.2) is 42.5 Å². The van der Waals surface area contributed by atoms with Crippen molar-refractivity contribution in [3.8, 4) is 5.75 Å². The van der Waals surface area contributed by atoms with Gasteiger partial charge in [-0.05, 0) is 48.2 Å². The Labute approximate surface area is 223 Å². The number of methoxy groups -OCH3 is 1. The molecule has 0 radical (unpaired) electrons. The predicted molar refractivity (Wildman–Crippen MR) is 144 cm³/mol. The lowest BCUT2D eigenvalue weighted by Crippen LogP contribution is -2.52. The quantitative estimate of drug-likeness (QED) is 0.418. The van der Waals surface area contributed by atoms with E-state index in [4.69, 9.17) is 27.9 Å². The minimum atomic E-state index is -3.92. The molecule has 1 N–H and O–H groups in total. The van der Waals surface area contributed by atoms with Gasteiger partial charge in [0.1, 0.15) is 18.3 Å². The number of carbonyl (C=O) groups excluding carboxylic acids is 2. The Bertz CT molecular complexity index is 1160. The average molecular weight is 559 g/mol. The third-order valence-corrected chi connectivity index (χ3v) is 7.04. The number of nitrogens with zero attached hydrogens (tertiary/aromatic N) is 2. The SMILES string of the molecule is CC[C@H](C(=O)NCC(C)C)N(Cc1ccc(Cl)cc1)C(=O)CN(c1cc(Cl)ccc1OC)S(C)(=O)=O. The lowest BCUT2D eigenvalue weighted by atomic mass is 10.1. The van der Waals surface area contributed by atoms with Gasteiger partial charge in [0.15, 0.2) is 0 Å². The van der Waals surface area contributed by atoms with Crippen LogP contribution in [0.3, 0.4) is 0 Å². The van der Waals surface area contributed by atoms with E-state index in [-0.39, 0.29) is 34.8 Å². The van der Waals surface area contributed by atoms with Gasteiger partial charge in [0.25, 0.3) is 0 Å². The molecule has 0 unspecified atom stereocenters. The zero-order valence-electron chi connectivity index (χ0n) is 21.1. The Balaban J connectivity index is 2.48. The maximum Gasteiger partial charge on any atom is 0.244 e. The van der Waals surface area contributed by atoms with Crippen molar-refractivity contribution < 1.29 is 22.7 Å². The van der Waals surface area contributed by atoms with Crippen molar-refractivity contribution in [1.82, 2.24) is 10.2 Å². The van der Waals surface area contributed by atoms with E-state index >= 15 is 0 Å². The third-order valence-electron chi connectivity index (χ3n) is 5.43. The van der Waals surface area contributed by atoms with Crippen LogP contribution >= 0.6 is 23.2 Å². The summed E-state index contributed by atoms with van der Waals surface area (Å²) in [4.78, 5) is 28.2. The fourth-order valence-corrected chi connectivity index (χ4v) is 4.72. The van der Waals surface area contributed by atoms with Gasteiger partial charge in [-0.15, -0.1) is 0 Å². The lowest BCUT2D eigenvalue weighted by molar-refractivity contribution is -0.140. The molecule has 2 rings (SSSR count). The second-order valence-corrected chi connectivity index (χ2v) is 11.6. The molecule has 0 spiro atoms. The fraction of sp³-hybridized carbons (Fsp3) is 0.440. The molecule has 0 aliphatic carbocycles. The zero-order chi connectivity index (χ0) is 27.0. The molecule has 8 nitrogen and oxygen atoms in total. The molecule has 2 aromatic rings. The van der Waals surface area contributed by atoms with Gasteiger partial charge in [-0.25, -0.2) is 8.42 Å². The van der Waals surface area contributed by atoms with Crippen LogP contribution in [0.25, 0.3) is 0 Å². The molecule has 0 bridgehead atoms. The summed E-state index contributed by atoms with van der Waals surface area (Å²) in [7, 11) is -2.52. The predicted octanol–water partition coefficient (Wildman–Crippen LogP) is 4.35. The number of halogens is 2. The van der Waals surface area contributed by atoms with Crippen LogP contribution in [0.5, 0.6) is 5.75 Å². The van der Waals surface area contributed by atoms with Gasteiger partial charge in [-0.1, -0.05) is 56.1 Å². The number of sulfonamides is 1. The van der Waals surface area contributed by atoms with E-state index in [1.54, 1.807) is 37.3 Å². The summed E-state index contributed by atoms with van der Waals surface area (Å²) in [6.07, 6.45) is 1.33. The van der Waals surface area contributed by atoms with E-state index in [0.717, 1.165) is 16.1 Å². The van der Waals surface area contributed by atoms with Gasteiger partial charge in [0.05, 0.1) is 19.1 Å². The molecule has 0 aromatic heterocycles. The number of anilines is 1. The Morgan fingerprint density at radius 3 is 2.19 bits per heavy atom. The Hall–Kier alpha value is -2.49. The monoisotopic (exact) mass is 557 g/mol. The first-order valence-corrected chi connectivity index (χ1v) is 14.1. The summed E-state index contributed by atoms with van der Waals surface area (Å²) < 4.78 is 31.8. The van der Waals surface area contributed by atoms with Gasteiger partial charge < -0.3 is 15.0 Å². The highest BCUT2D eigenvalue weighted by atomic mass is 35.5. The molecular formula is C25H33Cl2N3O5S. The first-order chi connectivity index (χ1) is 16.9. The number of ether oxygens (including phenoxy) is 1. The second kappa shape index (κ2) is 13.2. The first-order valence-electron chi connectivity index (χ1n) is 11.5. The molecule has 2 amide bonds. The Kier molecular flexibility index (Phi) is 10.9. The van der Waals surface area contributed by atoms with Gasteiger partial charge in [-0.2, -0.15) is 0 Å². The van der Waals surface area contributed by atoms with Crippen LogP contribution in [-0.4, -0.2) is 57.6 Å². The van der Waals surface area contributed by atoms with Crippen molar-refractivity contribution in [2.75, 3.05) is 30.8 Å². The number of nitrogens with one attached hydrogen (secondary N) is 1. The van der Waals surface area contributed by atoms with Gasteiger partial charge >= 0.3 is 0 Å². The van der Waals surface area contributed by atoms with E-state index in [1.165, 1.54) is 24.1 Å². The number of benzene rings is 2. The normalized spacial score (nSPS) is 12.2. The minimum absolute atomic E-state index is 0.0912. The standard InChI is InChI=1S/C25H33Cl2N3O5S/c1-6-21(25(32)28-14-17(2)3)29(15-18-7-9-19(26)10-8-18)24(31)16-30(36(5,33)34)22-13-20(27)11-12-23(22)35-4/h7-13,17,21H,6,14-16H2,1-5H3,(H,28,32)/t21-/m1/s1. The molecule has 0 aliphatic heterocycles. The molecule has 0 aliphatic rings. The fourth-order valence-electron chi connectivity index (χ4n) is 3.58. The van der Waals surface area contributed by atoms with Gasteiger partial charge in [-0.3, -0.25) is 13.9 Å².